The first kappa shape index (κ1) is 15.9. The lowest BCUT2D eigenvalue weighted by atomic mass is 10.2. The molecule has 2 N–H and O–H groups in total. The Hall–Kier alpha value is -2.50. The van der Waals surface area contributed by atoms with Gasteiger partial charge in [0.15, 0.2) is 0 Å². The fraction of sp³-hybridized carbons (Fsp3) is 0.375. The van der Waals surface area contributed by atoms with E-state index in [0.717, 1.165) is 17.2 Å². The van der Waals surface area contributed by atoms with Gasteiger partial charge in [0.2, 0.25) is 0 Å². The number of carbonyl (C=O) groups excluding carboxylic acids is 1. The van der Waals surface area contributed by atoms with Crippen LogP contribution in [-0.2, 0) is 11.3 Å². The van der Waals surface area contributed by atoms with Gasteiger partial charge < -0.3 is 14.5 Å². The molecule has 0 aliphatic carbocycles. The summed E-state index contributed by atoms with van der Waals surface area (Å²) in [6.45, 7) is 7.91. The van der Waals surface area contributed by atoms with Crippen LogP contribution in [0.2, 0.25) is 0 Å². The van der Waals surface area contributed by atoms with Gasteiger partial charge in [0.05, 0.1) is 18.4 Å². The quantitative estimate of drug-likeness (QED) is 0.894. The molecule has 6 nitrogen and oxygen atoms in total. The van der Waals surface area contributed by atoms with Crippen LogP contribution in [0.5, 0.6) is 0 Å². The van der Waals surface area contributed by atoms with Gasteiger partial charge in [0.25, 0.3) is 0 Å². The molecule has 2 rings (SSSR count). The Morgan fingerprint density at radius 1 is 1.27 bits per heavy atom. The molecule has 0 aliphatic heterocycles. The first-order chi connectivity index (χ1) is 10.3. The average molecular weight is 303 g/mol. The Kier molecular flexibility index (Phi) is 4.70. The number of aromatic nitrogens is 1. The van der Waals surface area contributed by atoms with Crippen LogP contribution in [0.1, 0.15) is 32.3 Å². The summed E-state index contributed by atoms with van der Waals surface area (Å²) in [5.41, 5.74) is 0.302. The first-order valence-electron chi connectivity index (χ1n) is 7.07. The number of ether oxygens (including phenoxy) is 1. The molecule has 0 atom stereocenters. The molecule has 0 unspecified atom stereocenters. The summed E-state index contributed by atoms with van der Waals surface area (Å²) in [5, 5.41) is 5.78. The Labute approximate surface area is 129 Å². The minimum atomic E-state index is -0.535. The lowest BCUT2D eigenvalue weighted by Crippen LogP contribution is -2.27. The zero-order chi connectivity index (χ0) is 16.2. The molecular weight excluding hydrogens is 282 g/mol. The second kappa shape index (κ2) is 6.51. The standard InChI is InChI=1S/C16H21N3O3/c1-11-5-7-13(21-11)10-17-12-6-8-14(18-9-12)19-15(20)22-16(2,3)4/h5-9,17H,10H2,1-4H3,(H,18,19,20). The highest BCUT2D eigenvalue weighted by Crippen LogP contribution is 2.14. The van der Waals surface area contributed by atoms with E-state index in [1.807, 2.05) is 45.9 Å². The molecular formula is C16H21N3O3. The van der Waals surface area contributed by atoms with Gasteiger partial charge in [-0.05, 0) is 52.0 Å². The predicted molar refractivity (Wildman–Crippen MR) is 84.9 cm³/mol. The number of furan rings is 1. The smallest absolute Gasteiger partial charge is 0.413 e. The summed E-state index contributed by atoms with van der Waals surface area (Å²) < 4.78 is 10.6. The molecule has 0 bridgehead atoms. The fourth-order valence-electron chi connectivity index (χ4n) is 1.75. The number of carbonyl (C=O) groups is 1. The number of hydrogen-bond acceptors (Lipinski definition) is 5. The molecule has 2 aromatic rings. The molecule has 22 heavy (non-hydrogen) atoms. The molecule has 0 radical (unpaired) electrons. The number of hydrogen-bond donors (Lipinski definition) is 2. The molecule has 0 fully saturated rings. The maximum atomic E-state index is 11.6. The lowest BCUT2D eigenvalue weighted by molar-refractivity contribution is 0.0635. The van der Waals surface area contributed by atoms with Gasteiger partial charge in [-0.2, -0.15) is 0 Å². The zero-order valence-electron chi connectivity index (χ0n) is 13.3. The van der Waals surface area contributed by atoms with Crippen molar-refractivity contribution in [3.63, 3.8) is 0 Å². The van der Waals surface area contributed by atoms with Crippen molar-refractivity contribution in [1.29, 1.82) is 0 Å². The average Bonchev–Trinajstić information content (AvgIpc) is 2.81. The van der Waals surface area contributed by atoms with Gasteiger partial charge in [-0.3, -0.25) is 5.32 Å². The maximum absolute atomic E-state index is 11.6. The van der Waals surface area contributed by atoms with Crippen molar-refractivity contribution in [2.45, 2.75) is 39.8 Å². The van der Waals surface area contributed by atoms with E-state index in [9.17, 15) is 4.79 Å². The topological polar surface area (TPSA) is 76.4 Å². The third-order valence-corrected chi connectivity index (χ3v) is 2.66. The Morgan fingerprint density at radius 3 is 2.59 bits per heavy atom. The van der Waals surface area contributed by atoms with Gasteiger partial charge in [0.1, 0.15) is 22.9 Å². The van der Waals surface area contributed by atoms with E-state index in [2.05, 4.69) is 15.6 Å². The van der Waals surface area contributed by atoms with E-state index in [1.54, 1.807) is 12.3 Å². The molecule has 0 saturated heterocycles. The van der Waals surface area contributed by atoms with Gasteiger partial charge in [-0.25, -0.2) is 9.78 Å². The van der Waals surface area contributed by atoms with Crippen molar-refractivity contribution in [3.05, 3.63) is 42.0 Å². The summed E-state index contributed by atoms with van der Waals surface area (Å²) in [7, 11) is 0. The van der Waals surface area contributed by atoms with E-state index in [4.69, 9.17) is 9.15 Å². The maximum Gasteiger partial charge on any atom is 0.413 e. The first-order valence-corrected chi connectivity index (χ1v) is 7.07. The minimum Gasteiger partial charge on any atom is -0.465 e. The van der Waals surface area contributed by atoms with E-state index in [1.165, 1.54) is 0 Å². The molecule has 2 aromatic heterocycles. The lowest BCUT2D eigenvalue weighted by Gasteiger charge is -2.19. The Balaban J connectivity index is 1.86. The van der Waals surface area contributed by atoms with Crippen LogP contribution in [-0.4, -0.2) is 16.7 Å². The minimum absolute atomic E-state index is 0.439. The van der Waals surface area contributed by atoms with Crippen LogP contribution >= 0.6 is 0 Å². The molecule has 0 saturated carbocycles. The van der Waals surface area contributed by atoms with Crippen LogP contribution in [0, 0.1) is 6.92 Å². The summed E-state index contributed by atoms with van der Waals surface area (Å²) in [6, 6.07) is 7.38. The molecule has 0 aromatic carbocycles. The molecule has 6 heteroatoms. The van der Waals surface area contributed by atoms with Crippen molar-refractivity contribution in [1.82, 2.24) is 4.98 Å². The fourth-order valence-corrected chi connectivity index (χ4v) is 1.75. The normalized spacial score (nSPS) is 11.1. The number of pyridine rings is 1. The molecule has 118 valence electrons. The number of nitrogens with zero attached hydrogens (tertiary/aromatic N) is 1. The van der Waals surface area contributed by atoms with Crippen molar-refractivity contribution >= 4 is 17.6 Å². The van der Waals surface area contributed by atoms with E-state index < -0.39 is 11.7 Å². The van der Waals surface area contributed by atoms with Gasteiger partial charge >= 0.3 is 6.09 Å². The predicted octanol–water partition coefficient (Wildman–Crippen LogP) is 3.94. The summed E-state index contributed by atoms with van der Waals surface area (Å²) >= 11 is 0. The van der Waals surface area contributed by atoms with Gasteiger partial charge in [-0.1, -0.05) is 0 Å². The number of amides is 1. The third-order valence-electron chi connectivity index (χ3n) is 2.66. The number of anilines is 2. The summed E-state index contributed by atoms with van der Waals surface area (Å²) in [6.07, 6.45) is 1.12. The molecule has 0 aliphatic rings. The van der Waals surface area contributed by atoms with Crippen LogP contribution in [0.4, 0.5) is 16.3 Å². The Bertz CT molecular complexity index is 627. The molecule has 2 heterocycles. The number of rotatable bonds is 4. The highest BCUT2D eigenvalue weighted by molar-refractivity contribution is 5.83. The Morgan fingerprint density at radius 2 is 2.05 bits per heavy atom. The van der Waals surface area contributed by atoms with Crippen molar-refractivity contribution in [3.8, 4) is 0 Å². The van der Waals surface area contributed by atoms with Gasteiger partial charge in [0, 0.05) is 0 Å². The van der Waals surface area contributed by atoms with Crippen LogP contribution in [0.15, 0.2) is 34.9 Å². The highest BCUT2D eigenvalue weighted by atomic mass is 16.6. The van der Waals surface area contributed by atoms with Crippen LogP contribution in [0.3, 0.4) is 0 Å². The number of aryl methyl sites for hydroxylation is 1. The summed E-state index contributed by atoms with van der Waals surface area (Å²) in [5.74, 6) is 2.17. The van der Waals surface area contributed by atoms with E-state index in [0.29, 0.717) is 12.4 Å². The van der Waals surface area contributed by atoms with Crippen LogP contribution in [0.25, 0.3) is 0 Å². The van der Waals surface area contributed by atoms with E-state index >= 15 is 0 Å². The number of nitrogens with one attached hydrogen (secondary N) is 2. The van der Waals surface area contributed by atoms with Crippen molar-refractivity contribution in [2.75, 3.05) is 10.6 Å². The third kappa shape index (κ3) is 5.12. The molecule has 1 amide bonds. The second-order valence-corrected chi connectivity index (χ2v) is 5.92. The van der Waals surface area contributed by atoms with Crippen LogP contribution < -0.4 is 10.6 Å². The van der Waals surface area contributed by atoms with Crippen molar-refractivity contribution < 1.29 is 13.9 Å². The highest BCUT2D eigenvalue weighted by Gasteiger charge is 2.16. The van der Waals surface area contributed by atoms with Gasteiger partial charge in [-0.15, -0.1) is 0 Å². The van der Waals surface area contributed by atoms with E-state index in [-0.39, 0.29) is 0 Å². The zero-order valence-corrected chi connectivity index (χ0v) is 13.3. The molecule has 0 spiro atoms. The summed E-state index contributed by atoms with van der Waals surface area (Å²) in [4.78, 5) is 15.8. The monoisotopic (exact) mass is 303 g/mol. The second-order valence-electron chi connectivity index (χ2n) is 5.92. The van der Waals surface area contributed by atoms with Crippen molar-refractivity contribution in [2.24, 2.45) is 0 Å². The SMILES string of the molecule is Cc1ccc(CNc2ccc(NC(=O)OC(C)(C)C)nc2)o1. The largest absolute Gasteiger partial charge is 0.465 e.